The van der Waals surface area contributed by atoms with Crippen molar-refractivity contribution in [3.63, 3.8) is 0 Å². The molecule has 0 aliphatic heterocycles. The fourth-order valence-electron chi connectivity index (χ4n) is 3.12. The van der Waals surface area contributed by atoms with Gasteiger partial charge in [-0.25, -0.2) is 0 Å². The van der Waals surface area contributed by atoms with Crippen LogP contribution in [-0.2, 0) is 17.5 Å². The predicted molar refractivity (Wildman–Crippen MR) is 91.7 cm³/mol. The number of alkyl halides is 3. The highest BCUT2D eigenvalue weighted by Crippen LogP contribution is 2.42. The Kier molecular flexibility index (Phi) is 5.34. The summed E-state index contributed by atoms with van der Waals surface area (Å²) in [6.07, 6.45) is -2.01. The molecule has 1 aromatic carbocycles. The molecule has 1 aliphatic carbocycles. The van der Waals surface area contributed by atoms with Crippen molar-refractivity contribution in [2.75, 3.05) is 6.54 Å². The van der Waals surface area contributed by atoms with E-state index in [4.69, 9.17) is 0 Å². The van der Waals surface area contributed by atoms with Gasteiger partial charge in [-0.15, -0.1) is 0 Å². The Balaban J connectivity index is 1.62. The lowest BCUT2D eigenvalue weighted by molar-refractivity contribution is -0.141. The van der Waals surface area contributed by atoms with Crippen LogP contribution in [0.2, 0.25) is 0 Å². The lowest BCUT2D eigenvalue weighted by Gasteiger charge is -2.16. The van der Waals surface area contributed by atoms with Gasteiger partial charge in [0.25, 0.3) is 0 Å². The van der Waals surface area contributed by atoms with Gasteiger partial charge in [-0.1, -0.05) is 37.3 Å². The molecular formula is C19H22F3N3O. The van der Waals surface area contributed by atoms with E-state index in [1.54, 1.807) is 0 Å². The van der Waals surface area contributed by atoms with Crippen molar-refractivity contribution in [2.45, 2.75) is 50.7 Å². The highest BCUT2D eigenvalue weighted by Gasteiger charge is 2.37. The molecule has 1 fully saturated rings. The van der Waals surface area contributed by atoms with E-state index in [0.29, 0.717) is 12.1 Å². The second-order valence-electron chi connectivity index (χ2n) is 6.61. The molecule has 140 valence electrons. The quantitative estimate of drug-likeness (QED) is 0.803. The summed E-state index contributed by atoms with van der Waals surface area (Å²) in [5.41, 5.74) is 0.688. The van der Waals surface area contributed by atoms with Crippen LogP contribution in [0, 0.1) is 0 Å². The largest absolute Gasteiger partial charge is 0.435 e. The molecule has 7 heteroatoms. The maximum Gasteiger partial charge on any atom is 0.435 e. The SMILES string of the molecule is CC[C@@H](C(=O)NCCn1nc(C(F)(F)F)cc1C1CC1)c1ccccc1. The Morgan fingerprint density at radius 2 is 2.00 bits per heavy atom. The summed E-state index contributed by atoms with van der Waals surface area (Å²) in [5, 5.41) is 6.54. The van der Waals surface area contributed by atoms with Crippen molar-refractivity contribution in [3.8, 4) is 0 Å². The van der Waals surface area contributed by atoms with Crippen LogP contribution < -0.4 is 5.32 Å². The summed E-state index contributed by atoms with van der Waals surface area (Å²) in [6.45, 7) is 2.42. The molecule has 0 spiro atoms. The number of hydrogen-bond acceptors (Lipinski definition) is 2. The number of aromatic nitrogens is 2. The molecule has 4 nitrogen and oxygen atoms in total. The topological polar surface area (TPSA) is 46.9 Å². The van der Waals surface area contributed by atoms with Gasteiger partial charge >= 0.3 is 6.18 Å². The summed E-state index contributed by atoms with van der Waals surface area (Å²) in [6, 6.07) is 10.6. The molecule has 2 aromatic rings. The zero-order chi connectivity index (χ0) is 18.7. The number of benzene rings is 1. The zero-order valence-electron chi connectivity index (χ0n) is 14.6. The maximum atomic E-state index is 12.9. The molecular weight excluding hydrogens is 343 g/mol. The number of carbonyl (C=O) groups is 1. The van der Waals surface area contributed by atoms with E-state index in [1.165, 1.54) is 4.68 Å². The fourth-order valence-corrected chi connectivity index (χ4v) is 3.12. The smallest absolute Gasteiger partial charge is 0.354 e. The van der Waals surface area contributed by atoms with Crippen LogP contribution in [0.15, 0.2) is 36.4 Å². The molecule has 1 atom stereocenters. The van der Waals surface area contributed by atoms with Crippen LogP contribution in [0.4, 0.5) is 13.2 Å². The zero-order valence-corrected chi connectivity index (χ0v) is 14.6. The number of nitrogens with zero attached hydrogens (tertiary/aromatic N) is 2. The van der Waals surface area contributed by atoms with E-state index < -0.39 is 11.9 Å². The monoisotopic (exact) mass is 365 g/mol. The molecule has 1 aromatic heterocycles. The van der Waals surface area contributed by atoms with Gasteiger partial charge in [0.05, 0.1) is 12.5 Å². The van der Waals surface area contributed by atoms with Crippen molar-refractivity contribution in [1.29, 1.82) is 0 Å². The first-order valence-corrected chi connectivity index (χ1v) is 8.87. The van der Waals surface area contributed by atoms with Gasteiger partial charge in [-0.2, -0.15) is 18.3 Å². The average Bonchev–Trinajstić information content (AvgIpc) is 3.35. The maximum absolute atomic E-state index is 12.9. The van der Waals surface area contributed by atoms with E-state index in [0.717, 1.165) is 24.5 Å². The van der Waals surface area contributed by atoms with Gasteiger partial charge in [0.2, 0.25) is 5.91 Å². The van der Waals surface area contributed by atoms with Crippen molar-refractivity contribution in [2.24, 2.45) is 0 Å². The molecule has 26 heavy (non-hydrogen) atoms. The van der Waals surface area contributed by atoms with Gasteiger partial charge in [0, 0.05) is 18.2 Å². The van der Waals surface area contributed by atoms with Gasteiger partial charge in [0.15, 0.2) is 5.69 Å². The van der Waals surface area contributed by atoms with E-state index >= 15 is 0 Å². The minimum Gasteiger partial charge on any atom is -0.354 e. The number of halogens is 3. The predicted octanol–water partition coefficient (Wildman–Crippen LogP) is 4.09. The molecule has 1 amide bonds. The van der Waals surface area contributed by atoms with Crippen molar-refractivity contribution < 1.29 is 18.0 Å². The van der Waals surface area contributed by atoms with Crippen molar-refractivity contribution >= 4 is 5.91 Å². The Morgan fingerprint density at radius 3 is 2.58 bits per heavy atom. The molecule has 0 radical (unpaired) electrons. The van der Waals surface area contributed by atoms with Crippen LogP contribution in [-0.4, -0.2) is 22.2 Å². The second kappa shape index (κ2) is 7.51. The van der Waals surface area contributed by atoms with Crippen molar-refractivity contribution in [1.82, 2.24) is 15.1 Å². The molecule has 1 N–H and O–H groups in total. The summed E-state index contributed by atoms with van der Waals surface area (Å²) in [4.78, 5) is 12.4. The first-order chi connectivity index (χ1) is 12.4. The normalized spacial score (nSPS) is 15.7. The lowest BCUT2D eigenvalue weighted by Crippen LogP contribution is -2.32. The third kappa shape index (κ3) is 4.26. The second-order valence-corrected chi connectivity index (χ2v) is 6.61. The minimum atomic E-state index is -4.45. The molecule has 0 unspecified atom stereocenters. The standard InChI is InChI=1S/C19H22F3N3O/c1-2-15(13-6-4-3-5-7-13)18(26)23-10-11-25-16(14-8-9-14)12-17(24-25)19(20,21)22/h3-7,12,14-15H,2,8-11H2,1H3,(H,23,26)/t15-/m1/s1. The first kappa shape index (κ1) is 18.5. The van der Waals surface area contributed by atoms with Crippen molar-refractivity contribution in [3.05, 3.63) is 53.3 Å². The summed E-state index contributed by atoms with van der Waals surface area (Å²) >= 11 is 0. The first-order valence-electron chi connectivity index (χ1n) is 8.87. The van der Waals surface area contributed by atoms with E-state index in [1.807, 2.05) is 37.3 Å². The molecule has 0 bridgehead atoms. The molecule has 1 heterocycles. The van der Waals surface area contributed by atoms with Crippen LogP contribution in [0.3, 0.4) is 0 Å². The third-order valence-corrected chi connectivity index (χ3v) is 4.65. The highest BCUT2D eigenvalue weighted by atomic mass is 19.4. The van der Waals surface area contributed by atoms with Crippen LogP contribution >= 0.6 is 0 Å². The van der Waals surface area contributed by atoms with E-state index in [9.17, 15) is 18.0 Å². The Hall–Kier alpha value is -2.31. The number of rotatable bonds is 7. The molecule has 1 saturated carbocycles. The lowest BCUT2D eigenvalue weighted by atomic mass is 9.96. The summed E-state index contributed by atoms with van der Waals surface area (Å²) in [5.74, 6) is -0.223. The van der Waals surface area contributed by atoms with E-state index in [2.05, 4.69) is 10.4 Å². The van der Waals surface area contributed by atoms with Gasteiger partial charge in [-0.3, -0.25) is 9.48 Å². The Labute approximate surface area is 150 Å². The number of nitrogens with one attached hydrogen (secondary N) is 1. The number of amides is 1. The van der Waals surface area contributed by atoms with Crippen LogP contribution in [0.5, 0.6) is 0 Å². The van der Waals surface area contributed by atoms with Crippen LogP contribution in [0.1, 0.15) is 55.0 Å². The summed E-state index contributed by atoms with van der Waals surface area (Å²) in [7, 11) is 0. The third-order valence-electron chi connectivity index (χ3n) is 4.65. The van der Waals surface area contributed by atoms with Gasteiger partial charge in [0.1, 0.15) is 0 Å². The van der Waals surface area contributed by atoms with Gasteiger partial charge < -0.3 is 5.32 Å². The Morgan fingerprint density at radius 1 is 1.31 bits per heavy atom. The molecule has 3 rings (SSSR count). The molecule has 1 aliphatic rings. The highest BCUT2D eigenvalue weighted by molar-refractivity contribution is 5.83. The number of hydrogen-bond donors (Lipinski definition) is 1. The minimum absolute atomic E-state index is 0.116. The summed E-state index contributed by atoms with van der Waals surface area (Å²) < 4.78 is 40.1. The van der Waals surface area contributed by atoms with Gasteiger partial charge in [-0.05, 0) is 30.9 Å². The van der Waals surface area contributed by atoms with Crippen LogP contribution in [0.25, 0.3) is 0 Å². The Bertz CT molecular complexity index is 751. The molecule has 0 saturated heterocycles. The fraction of sp³-hybridized carbons (Fsp3) is 0.474. The van der Waals surface area contributed by atoms with E-state index in [-0.39, 0.29) is 30.8 Å². The average molecular weight is 365 g/mol. The number of carbonyl (C=O) groups excluding carboxylic acids is 1.